The van der Waals surface area contributed by atoms with Crippen molar-refractivity contribution in [2.24, 2.45) is 5.73 Å². The standard InChI is InChI=1S/C16H18FNO3/c1-19-13-6-14(20-2)8-15(7-13)21-10-12-4-3-11(9-18)5-16(12)17/h3-8H,9-10,18H2,1-2H3. The Balaban J connectivity index is 2.12. The van der Waals surface area contributed by atoms with Crippen LogP contribution in [-0.4, -0.2) is 14.2 Å². The molecule has 4 nitrogen and oxygen atoms in total. The van der Waals surface area contributed by atoms with Crippen LogP contribution in [0, 0.1) is 5.82 Å². The molecule has 2 aromatic rings. The van der Waals surface area contributed by atoms with Crippen LogP contribution in [0.4, 0.5) is 4.39 Å². The lowest BCUT2D eigenvalue weighted by Gasteiger charge is -2.11. The number of nitrogens with two attached hydrogens (primary N) is 1. The van der Waals surface area contributed by atoms with E-state index in [0.29, 0.717) is 29.4 Å². The Bertz CT molecular complexity index is 594. The highest BCUT2D eigenvalue weighted by molar-refractivity contribution is 5.42. The summed E-state index contributed by atoms with van der Waals surface area (Å²) < 4.78 is 29.8. The molecule has 0 spiro atoms. The Kier molecular flexibility index (Phi) is 5.00. The van der Waals surface area contributed by atoms with E-state index in [4.69, 9.17) is 19.9 Å². The molecule has 0 unspecified atom stereocenters. The van der Waals surface area contributed by atoms with Gasteiger partial charge in [-0.25, -0.2) is 4.39 Å². The zero-order valence-electron chi connectivity index (χ0n) is 12.1. The lowest BCUT2D eigenvalue weighted by molar-refractivity contribution is 0.294. The molecule has 0 saturated heterocycles. The van der Waals surface area contributed by atoms with Crippen LogP contribution in [0.3, 0.4) is 0 Å². The molecule has 21 heavy (non-hydrogen) atoms. The van der Waals surface area contributed by atoms with Crippen molar-refractivity contribution < 1.29 is 18.6 Å². The summed E-state index contributed by atoms with van der Waals surface area (Å²) in [6.07, 6.45) is 0. The van der Waals surface area contributed by atoms with Gasteiger partial charge in [0.1, 0.15) is 29.7 Å². The van der Waals surface area contributed by atoms with Crippen LogP contribution in [-0.2, 0) is 13.2 Å². The number of hydrogen-bond acceptors (Lipinski definition) is 4. The number of rotatable bonds is 6. The van der Waals surface area contributed by atoms with Crippen LogP contribution >= 0.6 is 0 Å². The first-order valence-electron chi connectivity index (χ1n) is 6.49. The second-order valence-corrected chi connectivity index (χ2v) is 4.47. The highest BCUT2D eigenvalue weighted by Crippen LogP contribution is 2.28. The van der Waals surface area contributed by atoms with Crippen molar-refractivity contribution in [1.82, 2.24) is 0 Å². The molecular formula is C16H18FNO3. The topological polar surface area (TPSA) is 53.7 Å². The fourth-order valence-electron chi connectivity index (χ4n) is 1.86. The SMILES string of the molecule is COc1cc(OC)cc(OCc2ccc(CN)cc2F)c1. The van der Waals surface area contributed by atoms with Gasteiger partial charge in [-0.15, -0.1) is 0 Å². The van der Waals surface area contributed by atoms with Gasteiger partial charge in [0.05, 0.1) is 14.2 Å². The summed E-state index contributed by atoms with van der Waals surface area (Å²) in [4.78, 5) is 0. The van der Waals surface area contributed by atoms with Gasteiger partial charge < -0.3 is 19.9 Å². The Morgan fingerprint density at radius 2 is 1.57 bits per heavy atom. The molecule has 0 atom stereocenters. The van der Waals surface area contributed by atoms with Gasteiger partial charge in [0.2, 0.25) is 0 Å². The van der Waals surface area contributed by atoms with Crippen molar-refractivity contribution in [3.63, 3.8) is 0 Å². The monoisotopic (exact) mass is 291 g/mol. The van der Waals surface area contributed by atoms with E-state index >= 15 is 0 Å². The predicted octanol–water partition coefficient (Wildman–Crippen LogP) is 2.88. The average molecular weight is 291 g/mol. The number of benzene rings is 2. The smallest absolute Gasteiger partial charge is 0.130 e. The van der Waals surface area contributed by atoms with Crippen molar-refractivity contribution in [2.45, 2.75) is 13.2 Å². The van der Waals surface area contributed by atoms with E-state index in [9.17, 15) is 4.39 Å². The minimum atomic E-state index is -0.326. The molecule has 0 saturated carbocycles. The number of hydrogen-bond donors (Lipinski definition) is 1. The van der Waals surface area contributed by atoms with Crippen molar-refractivity contribution in [1.29, 1.82) is 0 Å². The highest BCUT2D eigenvalue weighted by atomic mass is 19.1. The molecule has 0 aromatic heterocycles. The molecule has 0 heterocycles. The molecular weight excluding hydrogens is 273 g/mol. The molecule has 0 aliphatic heterocycles. The molecule has 0 aliphatic rings. The first-order valence-corrected chi connectivity index (χ1v) is 6.49. The van der Waals surface area contributed by atoms with Crippen LogP contribution in [0.5, 0.6) is 17.2 Å². The molecule has 0 fully saturated rings. The number of halogens is 1. The molecule has 5 heteroatoms. The van der Waals surface area contributed by atoms with E-state index in [2.05, 4.69) is 0 Å². The predicted molar refractivity (Wildman–Crippen MR) is 78.2 cm³/mol. The van der Waals surface area contributed by atoms with Gasteiger partial charge in [-0.2, -0.15) is 0 Å². The van der Waals surface area contributed by atoms with Crippen molar-refractivity contribution >= 4 is 0 Å². The van der Waals surface area contributed by atoms with Gasteiger partial charge in [-0.05, 0) is 11.6 Å². The second-order valence-electron chi connectivity index (χ2n) is 4.47. The van der Waals surface area contributed by atoms with Gasteiger partial charge >= 0.3 is 0 Å². The third-order valence-electron chi connectivity index (χ3n) is 3.07. The normalized spacial score (nSPS) is 10.3. The Hall–Kier alpha value is -2.27. The fraction of sp³-hybridized carbons (Fsp3) is 0.250. The lowest BCUT2D eigenvalue weighted by atomic mass is 10.1. The van der Waals surface area contributed by atoms with Crippen molar-refractivity contribution in [2.75, 3.05) is 14.2 Å². The summed E-state index contributed by atoms with van der Waals surface area (Å²) in [5, 5.41) is 0. The van der Waals surface area contributed by atoms with Crippen LogP contribution in [0.2, 0.25) is 0 Å². The minimum absolute atomic E-state index is 0.118. The van der Waals surface area contributed by atoms with Crippen molar-refractivity contribution in [3.8, 4) is 17.2 Å². The van der Waals surface area contributed by atoms with Crippen LogP contribution < -0.4 is 19.9 Å². The van der Waals surface area contributed by atoms with Gasteiger partial charge in [0.15, 0.2) is 0 Å². The number of ether oxygens (including phenoxy) is 3. The quantitative estimate of drug-likeness (QED) is 0.889. The maximum absolute atomic E-state index is 13.8. The maximum Gasteiger partial charge on any atom is 0.130 e. The third kappa shape index (κ3) is 3.86. The van der Waals surface area contributed by atoms with E-state index in [-0.39, 0.29) is 12.4 Å². The molecule has 0 amide bonds. The van der Waals surface area contributed by atoms with Crippen LogP contribution in [0.1, 0.15) is 11.1 Å². The first kappa shape index (κ1) is 15.1. The second kappa shape index (κ2) is 6.95. The summed E-state index contributed by atoms with van der Waals surface area (Å²) in [5.41, 5.74) is 6.69. The first-order chi connectivity index (χ1) is 10.2. The van der Waals surface area contributed by atoms with E-state index in [1.54, 1.807) is 44.6 Å². The van der Waals surface area contributed by atoms with E-state index in [1.165, 1.54) is 6.07 Å². The zero-order valence-corrected chi connectivity index (χ0v) is 12.1. The van der Waals surface area contributed by atoms with Crippen LogP contribution in [0.25, 0.3) is 0 Å². The molecule has 2 rings (SSSR count). The molecule has 2 aromatic carbocycles. The molecule has 0 radical (unpaired) electrons. The molecule has 0 bridgehead atoms. The molecule has 112 valence electrons. The van der Waals surface area contributed by atoms with E-state index in [1.807, 2.05) is 0 Å². The Labute approximate surface area is 123 Å². The summed E-state index contributed by atoms with van der Waals surface area (Å²) in [7, 11) is 3.12. The van der Waals surface area contributed by atoms with Gasteiger partial charge in [-0.3, -0.25) is 0 Å². The summed E-state index contributed by atoms with van der Waals surface area (Å²) in [6, 6.07) is 10.1. The van der Waals surface area contributed by atoms with E-state index < -0.39 is 0 Å². The third-order valence-corrected chi connectivity index (χ3v) is 3.07. The van der Waals surface area contributed by atoms with Gasteiger partial charge in [0.25, 0.3) is 0 Å². The van der Waals surface area contributed by atoms with Gasteiger partial charge in [-0.1, -0.05) is 12.1 Å². The Morgan fingerprint density at radius 3 is 2.10 bits per heavy atom. The largest absolute Gasteiger partial charge is 0.496 e. The minimum Gasteiger partial charge on any atom is -0.496 e. The number of methoxy groups -OCH3 is 2. The summed E-state index contributed by atoms with van der Waals surface area (Å²) in [5.74, 6) is 1.45. The van der Waals surface area contributed by atoms with Crippen LogP contribution in [0.15, 0.2) is 36.4 Å². The Morgan fingerprint density at radius 1 is 0.952 bits per heavy atom. The van der Waals surface area contributed by atoms with Gasteiger partial charge in [0, 0.05) is 30.3 Å². The summed E-state index contributed by atoms with van der Waals surface area (Å²) in [6.45, 7) is 0.429. The van der Waals surface area contributed by atoms with Crippen molar-refractivity contribution in [3.05, 3.63) is 53.3 Å². The summed E-state index contributed by atoms with van der Waals surface area (Å²) >= 11 is 0. The fourth-order valence-corrected chi connectivity index (χ4v) is 1.86. The average Bonchev–Trinajstić information content (AvgIpc) is 2.53. The lowest BCUT2D eigenvalue weighted by Crippen LogP contribution is -2.02. The maximum atomic E-state index is 13.8. The molecule has 2 N–H and O–H groups in total. The molecule has 0 aliphatic carbocycles. The zero-order chi connectivity index (χ0) is 15.2. The van der Waals surface area contributed by atoms with E-state index in [0.717, 1.165) is 5.56 Å². The highest BCUT2D eigenvalue weighted by Gasteiger charge is 2.07.